The zero-order valence-corrected chi connectivity index (χ0v) is 10.3. The minimum Gasteiger partial charge on any atom is -0.383 e. The molecule has 0 aliphatic carbocycles. The van der Waals surface area contributed by atoms with Gasteiger partial charge in [0.05, 0.1) is 12.7 Å². The molecule has 0 saturated carbocycles. The van der Waals surface area contributed by atoms with Gasteiger partial charge in [0, 0.05) is 13.7 Å². The van der Waals surface area contributed by atoms with Crippen molar-refractivity contribution >= 4 is 0 Å². The number of aromatic nitrogens is 3. The van der Waals surface area contributed by atoms with E-state index in [9.17, 15) is 0 Å². The van der Waals surface area contributed by atoms with Crippen molar-refractivity contribution in [2.75, 3.05) is 26.8 Å². The van der Waals surface area contributed by atoms with Crippen molar-refractivity contribution in [1.82, 2.24) is 20.1 Å². The summed E-state index contributed by atoms with van der Waals surface area (Å²) >= 11 is 0. The van der Waals surface area contributed by atoms with E-state index in [1.807, 2.05) is 4.57 Å². The normalized spacial score (nSPS) is 17.5. The van der Waals surface area contributed by atoms with E-state index >= 15 is 0 Å². The monoisotopic (exact) mass is 240 g/mol. The molecule has 0 amide bonds. The Bertz CT molecular complexity index is 323. The van der Waals surface area contributed by atoms with E-state index in [0.717, 1.165) is 38.3 Å². The second-order valence-electron chi connectivity index (χ2n) is 4.19. The first-order valence-electron chi connectivity index (χ1n) is 6.08. The predicted molar refractivity (Wildman–Crippen MR) is 62.6 cm³/mol. The molecule has 1 saturated heterocycles. The van der Waals surface area contributed by atoms with Gasteiger partial charge in [-0.25, -0.2) is 0 Å². The van der Waals surface area contributed by atoms with Crippen molar-refractivity contribution in [2.45, 2.75) is 32.1 Å². The van der Waals surface area contributed by atoms with E-state index in [1.165, 1.54) is 0 Å². The summed E-state index contributed by atoms with van der Waals surface area (Å²) < 4.78 is 12.9. The molecular weight excluding hydrogens is 220 g/mol. The highest BCUT2D eigenvalue weighted by molar-refractivity contribution is 4.83. The molecule has 2 rings (SSSR count). The zero-order chi connectivity index (χ0) is 11.9. The second-order valence-corrected chi connectivity index (χ2v) is 4.19. The fourth-order valence-corrected chi connectivity index (χ4v) is 1.92. The minimum atomic E-state index is 0.351. The van der Waals surface area contributed by atoms with Gasteiger partial charge >= 0.3 is 0 Å². The smallest absolute Gasteiger partial charge is 0.158 e. The van der Waals surface area contributed by atoms with Crippen LogP contribution < -0.4 is 5.32 Å². The summed E-state index contributed by atoms with van der Waals surface area (Å²) in [6.07, 6.45) is 4.22. The fraction of sp³-hybridized carbons (Fsp3) is 0.818. The fourth-order valence-electron chi connectivity index (χ4n) is 1.92. The van der Waals surface area contributed by atoms with Crippen LogP contribution in [0.3, 0.4) is 0 Å². The summed E-state index contributed by atoms with van der Waals surface area (Å²) in [4.78, 5) is 0. The lowest BCUT2D eigenvalue weighted by Gasteiger charge is -2.22. The van der Waals surface area contributed by atoms with Gasteiger partial charge in [-0.1, -0.05) is 0 Å². The second kappa shape index (κ2) is 6.68. The highest BCUT2D eigenvalue weighted by Crippen LogP contribution is 2.09. The van der Waals surface area contributed by atoms with Gasteiger partial charge in [-0.2, -0.15) is 0 Å². The third-order valence-electron chi connectivity index (χ3n) is 2.97. The Balaban J connectivity index is 1.79. The maximum atomic E-state index is 5.84. The zero-order valence-electron chi connectivity index (χ0n) is 10.3. The highest BCUT2D eigenvalue weighted by atomic mass is 16.5. The van der Waals surface area contributed by atoms with E-state index in [-0.39, 0.29) is 0 Å². The Hall–Kier alpha value is -0.980. The lowest BCUT2D eigenvalue weighted by molar-refractivity contribution is 0.0159. The minimum absolute atomic E-state index is 0.351. The van der Waals surface area contributed by atoms with Gasteiger partial charge in [0.1, 0.15) is 12.9 Å². The lowest BCUT2D eigenvalue weighted by atomic mass is 10.1. The Kier molecular flexibility index (Phi) is 4.90. The predicted octanol–water partition coefficient (Wildman–Crippen LogP) is 0.193. The lowest BCUT2D eigenvalue weighted by Crippen LogP contribution is -2.32. The largest absolute Gasteiger partial charge is 0.383 e. The van der Waals surface area contributed by atoms with Gasteiger partial charge in [-0.05, 0) is 25.9 Å². The third kappa shape index (κ3) is 3.76. The van der Waals surface area contributed by atoms with Crippen LogP contribution in [0, 0.1) is 0 Å². The molecule has 1 aliphatic rings. The molecule has 0 atom stereocenters. The van der Waals surface area contributed by atoms with Gasteiger partial charge in [0.25, 0.3) is 0 Å². The third-order valence-corrected chi connectivity index (χ3v) is 2.97. The molecule has 1 N–H and O–H groups in total. The maximum absolute atomic E-state index is 5.84. The van der Waals surface area contributed by atoms with Gasteiger partial charge in [-0.3, -0.25) is 0 Å². The highest BCUT2D eigenvalue weighted by Gasteiger charge is 2.14. The standard InChI is InChI=1S/C11H20N4O2/c1-16-7-6-15-9-13-14-11(15)8-17-10-2-4-12-5-3-10/h9-10,12H,2-8H2,1H3. The van der Waals surface area contributed by atoms with E-state index in [2.05, 4.69) is 15.5 Å². The first-order chi connectivity index (χ1) is 8.40. The van der Waals surface area contributed by atoms with Crippen LogP contribution in [-0.2, 0) is 22.6 Å². The van der Waals surface area contributed by atoms with Crippen LogP contribution in [-0.4, -0.2) is 47.7 Å². The van der Waals surface area contributed by atoms with Gasteiger partial charge < -0.3 is 19.4 Å². The molecule has 0 unspecified atom stereocenters. The molecule has 1 aromatic rings. The number of rotatable bonds is 6. The molecule has 0 bridgehead atoms. The molecule has 0 spiro atoms. The van der Waals surface area contributed by atoms with Crippen molar-refractivity contribution in [3.63, 3.8) is 0 Å². The number of methoxy groups -OCH3 is 1. The number of hydrogen-bond acceptors (Lipinski definition) is 5. The van der Waals surface area contributed by atoms with Crippen LogP contribution in [0.25, 0.3) is 0 Å². The van der Waals surface area contributed by atoms with E-state index < -0.39 is 0 Å². The van der Waals surface area contributed by atoms with Gasteiger partial charge in [0.15, 0.2) is 5.82 Å². The number of nitrogens with zero attached hydrogens (tertiary/aromatic N) is 3. The summed E-state index contributed by atoms with van der Waals surface area (Å²) in [5, 5.41) is 11.3. The molecule has 6 nitrogen and oxygen atoms in total. The molecule has 1 aromatic heterocycles. The van der Waals surface area contributed by atoms with Crippen molar-refractivity contribution in [2.24, 2.45) is 0 Å². The van der Waals surface area contributed by atoms with Crippen LogP contribution in [0.4, 0.5) is 0 Å². The molecule has 17 heavy (non-hydrogen) atoms. The number of hydrogen-bond donors (Lipinski definition) is 1. The van der Waals surface area contributed by atoms with E-state index in [1.54, 1.807) is 13.4 Å². The quantitative estimate of drug-likeness (QED) is 0.769. The molecule has 96 valence electrons. The average molecular weight is 240 g/mol. The Morgan fingerprint density at radius 2 is 2.29 bits per heavy atom. The summed E-state index contributed by atoms with van der Waals surface area (Å²) in [5.41, 5.74) is 0. The van der Waals surface area contributed by atoms with Gasteiger partial charge in [-0.15, -0.1) is 10.2 Å². The molecule has 2 heterocycles. The Morgan fingerprint density at radius 1 is 1.47 bits per heavy atom. The Labute approximate surface area is 101 Å². The van der Waals surface area contributed by atoms with Crippen molar-refractivity contribution in [1.29, 1.82) is 0 Å². The number of piperidine rings is 1. The Morgan fingerprint density at radius 3 is 3.06 bits per heavy atom. The van der Waals surface area contributed by atoms with E-state index in [0.29, 0.717) is 19.3 Å². The van der Waals surface area contributed by atoms with Crippen LogP contribution in [0.15, 0.2) is 6.33 Å². The van der Waals surface area contributed by atoms with Crippen LogP contribution in [0.1, 0.15) is 18.7 Å². The maximum Gasteiger partial charge on any atom is 0.158 e. The average Bonchev–Trinajstić information content (AvgIpc) is 2.82. The topological polar surface area (TPSA) is 61.2 Å². The van der Waals surface area contributed by atoms with Crippen molar-refractivity contribution in [3.8, 4) is 0 Å². The summed E-state index contributed by atoms with van der Waals surface area (Å²) in [5.74, 6) is 0.876. The molecular formula is C11H20N4O2. The number of nitrogens with one attached hydrogen (secondary N) is 1. The molecule has 0 radical (unpaired) electrons. The van der Waals surface area contributed by atoms with Gasteiger partial charge in [0.2, 0.25) is 0 Å². The molecule has 1 fully saturated rings. The number of ether oxygens (including phenoxy) is 2. The summed E-state index contributed by atoms with van der Waals surface area (Å²) in [6.45, 7) is 4.06. The summed E-state index contributed by atoms with van der Waals surface area (Å²) in [7, 11) is 1.69. The van der Waals surface area contributed by atoms with Crippen LogP contribution in [0.2, 0.25) is 0 Å². The molecule has 1 aliphatic heterocycles. The van der Waals surface area contributed by atoms with E-state index in [4.69, 9.17) is 9.47 Å². The first kappa shape index (κ1) is 12.5. The summed E-state index contributed by atoms with van der Waals surface area (Å²) in [6, 6.07) is 0. The van der Waals surface area contributed by atoms with Crippen molar-refractivity contribution < 1.29 is 9.47 Å². The molecule has 0 aromatic carbocycles. The van der Waals surface area contributed by atoms with Crippen LogP contribution in [0.5, 0.6) is 0 Å². The molecule has 6 heteroatoms. The SMILES string of the molecule is COCCn1cnnc1COC1CCNCC1. The van der Waals surface area contributed by atoms with Crippen molar-refractivity contribution in [3.05, 3.63) is 12.2 Å². The first-order valence-corrected chi connectivity index (χ1v) is 6.08. The van der Waals surface area contributed by atoms with Crippen LogP contribution >= 0.6 is 0 Å².